The lowest BCUT2D eigenvalue weighted by Crippen LogP contribution is -2.15. The lowest BCUT2D eigenvalue weighted by molar-refractivity contribution is 0.299. The van der Waals surface area contributed by atoms with Crippen molar-refractivity contribution in [2.45, 2.75) is 104 Å². The first-order valence-electron chi connectivity index (χ1n) is 12.1. The van der Waals surface area contributed by atoms with Gasteiger partial charge in [0.1, 0.15) is 0 Å². The fourth-order valence-corrected chi connectivity index (χ4v) is 5.74. The van der Waals surface area contributed by atoms with Crippen LogP contribution in [0.2, 0.25) is 0 Å². The molecule has 0 N–H and O–H groups in total. The van der Waals surface area contributed by atoms with E-state index in [1.165, 1.54) is 89.9 Å². The highest BCUT2D eigenvalue weighted by Gasteiger charge is 2.22. The zero-order chi connectivity index (χ0) is 18.2. The fraction of sp³-hybridized carbons (Fsp3) is 0.846. The Hall–Kier alpha value is -0.520. The SMILES string of the molecule is CCC1CCC(C=CC2CCC(C=CC3CCC(CC)CC3)CC2)CC1. The Morgan fingerprint density at radius 1 is 0.423 bits per heavy atom. The molecule has 3 saturated carbocycles. The normalized spacial score (nSPS) is 39.6. The smallest absolute Gasteiger partial charge is 0.0233 e. The minimum Gasteiger partial charge on any atom is -0.0851 e. The van der Waals surface area contributed by atoms with Gasteiger partial charge < -0.3 is 0 Å². The zero-order valence-electron chi connectivity index (χ0n) is 17.7. The van der Waals surface area contributed by atoms with Crippen molar-refractivity contribution in [1.29, 1.82) is 0 Å². The van der Waals surface area contributed by atoms with Crippen molar-refractivity contribution in [3.05, 3.63) is 24.3 Å². The average Bonchev–Trinajstić information content (AvgIpc) is 2.72. The maximum atomic E-state index is 2.61. The van der Waals surface area contributed by atoms with Gasteiger partial charge in [-0.25, -0.2) is 0 Å². The lowest BCUT2D eigenvalue weighted by atomic mass is 9.77. The number of hydrogen-bond donors (Lipinski definition) is 0. The number of rotatable bonds is 6. The van der Waals surface area contributed by atoms with Crippen LogP contribution in [0.5, 0.6) is 0 Å². The molecular formula is C26H44. The number of hydrogen-bond acceptors (Lipinski definition) is 0. The zero-order valence-corrected chi connectivity index (χ0v) is 17.7. The van der Waals surface area contributed by atoms with Crippen LogP contribution in [0.25, 0.3) is 0 Å². The largest absolute Gasteiger partial charge is 0.0851 e. The monoisotopic (exact) mass is 356 g/mol. The van der Waals surface area contributed by atoms with E-state index in [4.69, 9.17) is 0 Å². The van der Waals surface area contributed by atoms with Crippen LogP contribution in [0.3, 0.4) is 0 Å². The molecule has 148 valence electrons. The maximum absolute atomic E-state index is 2.61. The van der Waals surface area contributed by atoms with Crippen molar-refractivity contribution < 1.29 is 0 Å². The van der Waals surface area contributed by atoms with Gasteiger partial charge in [-0.1, -0.05) is 51.0 Å². The molecular weight excluding hydrogens is 312 g/mol. The highest BCUT2D eigenvalue weighted by Crippen LogP contribution is 2.35. The Morgan fingerprint density at radius 2 is 0.654 bits per heavy atom. The van der Waals surface area contributed by atoms with Gasteiger partial charge in [0.15, 0.2) is 0 Å². The fourth-order valence-electron chi connectivity index (χ4n) is 5.74. The molecule has 0 amide bonds. The molecule has 0 aromatic rings. The van der Waals surface area contributed by atoms with Gasteiger partial charge in [-0.15, -0.1) is 0 Å². The Labute approximate surface area is 163 Å². The Morgan fingerprint density at radius 3 is 0.885 bits per heavy atom. The third-order valence-electron chi connectivity index (χ3n) is 8.06. The highest BCUT2D eigenvalue weighted by atomic mass is 14.3. The standard InChI is InChI=1S/C26H44/c1-3-21-5-9-23(10-6-21)13-15-25-17-19-26(20-18-25)16-14-24-11-7-22(4-2)8-12-24/h13-16,21-26H,3-12,17-20H2,1-2H3. The van der Waals surface area contributed by atoms with Gasteiger partial charge in [-0.05, 0) is 113 Å². The van der Waals surface area contributed by atoms with E-state index >= 15 is 0 Å². The van der Waals surface area contributed by atoms with E-state index in [9.17, 15) is 0 Å². The third-order valence-corrected chi connectivity index (χ3v) is 8.06. The molecule has 0 aromatic carbocycles. The lowest BCUT2D eigenvalue weighted by Gasteiger charge is -2.28. The molecule has 0 heterocycles. The van der Waals surface area contributed by atoms with Crippen LogP contribution in [0.4, 0.5) is 0 Å². The molecule has 3 aliphatic carbocycles. The second kappa shape index (κ2) is 10.7. The Bertz CT molecular complexity index is 379. The van der Waals surface area contributed by atoms with Crippen LogP contribution in [0.1, 0.15) is 104 Å². The highest BCUT2D eigenvalue weighted by molar-refractivity contribution is 5.00. The van der Waals surface area contributed by atoms with Gasteiger partial charge in [0.2, 0.25) is 0 Å². The van der Waals surface area contributed by atoms with E-state index in [1.54, 1.807) is 0 Å². The summed E-state index contributed by atoms with van der Waals surface area (Å²) in [6.07, 6.45) is 30.7. The average molecular weight is 357 g/mol. The summed E-state index contributed by atoms with van der Waals surface area (Å²) < 4.78 is 0. The van der Waals surface area contributed by atoms with Crippen LogP contribution in [-0.4, -0.2) is 0 Å². The van der Waals surface area contributed by atoms with Crippen LogP contribution in [0.15, 0.2) is 24.3 Å². The minimum absolute atomic E-state index is 0.878. The van der Waals surface area contributed by atoms with Gasteiger partial charge in [-0.2, -0.15) is 0 Å². The van der Waals surface area contributed by atoms with Crippen molar-refractivity contribution in [3.63, 3.8) is 0 Å². The molecule has 26 heavy (non-hydrogen) atoms. The van der Waals surface area contributed by atoms with Gasteiger partial charge in [-0.3, -0.25) is 0 Å². The summed E-state index contributed by atoms with van der Waals surface area (Å²) in [6, 6.07) is 0. The molecule has 0 unspecified atom stereocenters. The van der Waals surface area contributed by atoms with Gasteiger partial charge in [0.05, 0.1) is 0 Å². The minimum atomic E-state index is 0.878. The van der Waals surface area contributed by atoms with E-state index in [1.807, 2.05) is 0 Å². The first-order valence-corrected chi connectivity index (χ1v) is 12.1. The molecule has 0 spiro atoms. The molecule has 0 heteroatoms. The maximum Gasteiger partial charge on any atom is -0.0233 e. The molecule has 0 nitrogen and oxygen atoms in total. The first kappa shape index (κ1) is 20.2. The van der Waals surface area contributed by atoms with Gasteiger partial charge in [0, 0.05) is 0 Å². The van der Waals surface area contributed by atoms with Crippen molar-refractivity contribution in [2.75, 3.05) is 0 Å². The summed E-state index contributed by atoms with van der Waals surface area (Å²) in [5.74, 6) is 5.60. The quantitative estimate of drug-likeness (QED) is 0.419. The predicted octanol–water partition coefficient (Wildman–Crippen LogP) is 8.34. The first-order chi connectivity index (χ1) is 12.8. The summed E-state index contributed by atoms with van der Waals surface area (Å²) >= 11 is 0. The second-order valence-electron chi connectivity index (χ2n) is 9.82. The van der Waals surface area contributed by atoms with Crippen LogP contribution >= 0.6 is 0 Å². The van der Waals surface area contributed by atoms with Crippen molar-refractivity contribution in [1.82, 2.24) is 0 Å². The van der Waals surface area contributed by atoms with Crippen molar-refractivity contribution >= 4 is 0 Å². The topological polar surface area (TPSA) is 0 Å². The summed E-state index contributed by atoms with van der Waals surface area (Å²) in [4.78, 5) is 0. The molecule has 0 aromatic heterocycles. The molecule has 0 radical (unpaired) electrons. The summed E-state index contributed by atoms with van der Waals surface area (Å²) in [6.45, 7) is 4.73. The van der Waals surface area contributed by atoms with Gasteiger partial charge >= 0.3 is 0 Å². The predicted molar refractivity (Wildman–Crippen MR) is 115 cm³/mol. The van der Waals surface area contributed by atoms with Crippen molar-refractivity contribution in [2.24, 2.45) is 35.5 Å². The van der Waals surface area contributed by atoms with Crippen molar-refractivity contribution in [3.8, 4) is 0 Å². The van der Waals surface area contributed by atoms with E-state index in [0.29, 0.717) is 0 Å². The molecule has 3 aliphatic rings. The molecule has 3 rings (SSSR count). The van der Waals surface area contributed by atoms with Gasteiger partial charge in [0.25, 0.3) is 0 Å². The molecule has 0 saturated heterocycles. The Kier molecular flexibility index (Phi) is 8.34. The van der Waals surface area contributed by atoms with E-state index in [2.05, 4.69) is 38.2 Å². The van der Waals surface area contributed by atoms with E-state index in [-0.39, 0.29) is 0 Å². The summed E-state index contributed by atoms with van der Waals surface area (Å²) in [5, 5.41) is 0. The van der Waals surface area contributed by atoms with Crippen LogP contribution in [0, 0.1) is 35.5 Å². The number of allylic oxidation sites excluding steroid dienone is 4. The van der Waals surface area contributed by atoms with Crippen LogP contribution in [-0.2, 0) is 0 Å². The van der Waals surface area contributed by atoms with Crippen LogP contribution < -0.4 is 0 Å². The molecule has 3 fully saturated rings. The van der Waals surface area contributed by atoms with E-state index < -0.39 is 0 Å². The summed E-state index contributed by atoms with van der Waals surface area (Å²) in [7, 11) is 0. The van der Waals surface area contributed by atoms with E-state index in [0.717, 1.165) is 35.5 Å². The third kappa shape index (κ3) is 6.28. The molecule has 0 bridgehead atoms. The molecule has 0 atom stereocenters. The second-order valence-corrected chi connectivity index (χ2v) is 9.82. The summed E-state index contributed by atoms with van der Waals surface area (Å²) in [5.41, 5.74) is 0. The Balaban J connectivity index is 1.33. The molecule has 0 aliphatic heterocycles.